The van der Waals surface area contributed by atoms with Crippen molar-refractivity contribution < 1.29 is 31.1 Å². The molecule has 1 aromatic carbocycles. The van der Waals surface area contributed by atoms with Gasteiger partial charge in [0.05, 0.1) is 0 Å². The van der Waals surface area contributed by atoms with Crippen molar-refractivity contribution in [3.8, 4) is 0 Å². The fourth-order valence-electron chi connectivity index (χ4n) is 2.35. The maximum Gasteiger partial charge on any atom is 0.434 e. The molecule has 0 unspecified atom stereocenters. The van der Waals surface area contributed by atoms with Crippen molar-refractivity contribution in [3.63, 3.8) is 0 Å². The number of rotatable bonds is 5. The van der Waals surface area contributed by atoms with E-state index in [9.17, 15) is 31.1 Å². The quantitative estimate of drug-likeness (QED) is 0.603. The summed E-state index contributed by atoms with van der Waals surface area (Å²) < 4.78 is 81.2. The van der Waals surface area contributed by atoms with Gasteiger partial charge in [-0.25, -0.2) is 0 Å². The molecule has 0 aliphatic carbocycles. The van der Waals surface area contributed by atoms with Crippen molar-refractivity contribution >= 4 is 5.91 Å². The molecular weight excluding hydrogens is 376 g/mol. The lowest BCUT2D eigenvalue weighted by molar-refractivity contribution is -0.314. The Morgan fingerprint density at radius 1 is 1.00 bits per heavy atom. The number of amides is 1. The third-order valence-electron chi connectivity index (χ3n) is 3.82. The van der Waals surface area contributed by atoms with Crippen LogP contribution in [-0.2, 0) is 6.54 Å². The van der Waals surface area contributed by atoms with Crippen LogP contribution < -0.4 is 10.6 Å². The number of alkyl halides is 6. The van der Waals surface area contributed by atoms with Gasteiger partial charge >= 0.3 is 12.4 Å². The summed E-state index contributed by atoms with van der Waals surface area (Å²) >= 11 is 0. The number of pyridine rings is 1. The summed E-state index contributed by atoms with van der Waals surface area (Å²) in [4.78, 5) is 15.9. The van der Waals surface area contributed by atoms with E-state index in [1.807, 2.05) is 0 Å². The highest BCUT2D eigenvalue weighted by Crippen LogP contribution is 2.41. The number of benzene rings is 1. The second-order valence-electron chi connectivity index (χ2n) is 5.73. The SMILES string of the molecule is Cc1ccccc1C(=O)NC(NCc1cccnc1)(C(F)(F)F)C(F)(F)F. The third kappa shape index (κ3) is 4.38. The van der Waals surface area contributed by atoms with Gasteiger partial charge in [-0.05, 0) is 30.2 Å². The van der Waals surface area contributed by atoms with Crippen molar-refractivity contribution in [1.29, 1.82) is 0 Å². The molecule has 0 aliphatic rings. The Balaban J connectivity index is 2.42. The first-order valence-corrected chi connectivity index (χ1v) is 7.63. The maximum atomic E-state index is 13.5. The maximum absolute atomic E-state index is 13.5. The number of carbonyl (C=O) groups excluding carboxylic acids is 1. The first-order chi connectivity index (χ1) is 12.5. The predicted octanol–water partition coefficient (Wildman–Crippen LogP) is 3.73. The fraction of sp³-hybridized carbons (Fsp3) is 0.294. The van der Waals surface area contributed by atoms with Gasteiger partial charge in [0.1, 0.15) is 0 Å². The molecule has 0 fully saturated rings. The van der Waals surface area contributed by atoms with Crippen molar-refractivity contribution in [3.05, 3.63) is 65.5 Å². The van der Waals surface area contributed by atoms with Crippen LogP contribution in [0.5, 0.6) is 0 Å². The van der Waals surface area contributed by atoms with E-state index in [0.717, 1.165) is 17.6 Å². The minimum Gasteiger partial charge on any atom is -0.319 e. The summed E-state index contributed by atoms with van der Waals surface area (Å²) in [5, 5.41) is 2.54. The molecule has 2 N–H and O–H groups in total. The van der Waals surface area contributed by atoms with E-state index < -0.39 is 30.5 Å². The molecule has 2 rings (SSSR count). The molecule has 1 heterocycles. The van der Waals surface area contributed by atoms with Crippen LogP contribution >= 0.6 is 0 Å². The summed E-state index contributed by atoms with van der Waals surface area (Å²) in [6.07, 6.45) is -9.27. The van der Waals surface area contributed by atoms with E-state index in [0.29, 0.717) is 0 Å². The molecule has 0 bridgehead atoms. The Kier molecular flexibility index (Phi) is 5.79. The van der Waals surface area contributed by atoms with Crippen molar-refractivity contribution in [2.24, 2.45) is 0 Å². The zero-order valence-corrected chi connectivity index (χ0v) is 13.9. The van der Waals surface area contributed by atoms with Gasteiger partial charge in [0, 0.05) is 24.5 Å². The van der Waals surface area contributed by atoms with Crippen LogP contribution in [0.25, 0.3) is 0 Å². The van der Waals surface area contributed by atoms with Gasteiger partial charge in [0.15, 0.2) is 0 Å². The zero-order valence-electron chi connectivity index (χ0n) is 13.9. The zero-order chi connectivity index (χ0) is 20.3. The van der Waals surface area contributed by atoms with Gasteiger partial charge in [0.25, 0.3) is 11.6 Å². The number of carbonyl (C=O) groups is 1. The normalized spacial score (nSPS) is 12.7. The van der Waals surface area contributed by atoms with Crippen molar-refractivity contribution in [1.82, 2.24) is 15.6 Å². The van der Waals surface area contributed by atoms with Gasteiger partial charge in [-0.2, -0.15) is 26.3 Å². The third-order valence-corrected chi connectivity index (χ3v) is 3.82. The van der Waals surface area contributed by atoms with E-state index in [1.54, 1.807) is 0 Å². The Morgan fingerprint density at radius 2 is 1.63 bits per heavy atom. The Hall–Kier alpha value is -2.62. The van der Waals surface area contributed by atoms with Crippen molar-refractivity contribution in [2.45, 2.75) is 31.5 Å². The van der Waals surface area contributed by atoms with E-state index in [2.05, 4.69) is 4.98 Å². The standard InChI is InChI=1S/C17H15F6N3O/c1-11-5-2-3-7-13(11)14(27)26-15(16(18,19)20,17(21,22)23)25-10-12-6-4-8-24-9-12/h2-9,25H,10H2,1H3,(H,26,27). The second-order valence-corrected chi connectivity index (χ2v) is 5.73. The largest absolute Gasteiger partial charge is 0.434 e. The molecule has 27 heavy (non-hydrogen) atoms. The van der Waals surface area contributed by atoms with E-state index >= 15 is 0 Å². The van der Waals surface area contributed by atoms with Gasteiger partial charge in [-0.3, -0.25) is 15.1 Å². The number of nitrogens with one attached hydrogen (secondary N) is 2. The minimum atomic E-state index is -5.86. The van der Waals surface area contributed by atoms with Gasteiger partial charge < -0.3 is 5.32 Å². The van der Waals surface area contributed by atoms with Crippen LogP contribution in [0.2, 0.25) is 0 Å². The van der Waals surface area contributed by atoms with Crippen LogP contribution in [0.1, 0.15) is 21.5 Å². The molecule has 4 nitrogen and oxygen atoms in total. The molecule has 0 radical (unpaired) electrons. The van der Waals surface area contributed by atoms with Crippen LogP contribution in [0, 0.1) is 6.92 Å². The highest BCUT2D eigenvalue weighted by Gasteiger charge is 2.72. The van der Waals surface area contributed by atoms with Gasteiger partial charge in [-0.1, -0.05) is 24.3 Å². The Bertz CT molecular complexity index is 775. The monoisotopic (exact) mass is 391 g/mol. The summed E-state index contributed by atoms with van der Waals surface area (Å²) in [5.74, 6) is -1.50. The average molecular weight is 391 g/mol. The van der Waals surface area contributed by atoms with Crippen LogP contribution in [0.15, 0.2) is 48.8 Å². The Labute approximate surface area is 150 Å². The number of aromatic nitrogens is 1. The van der Waals surface area contributed by atoms with Crippen molar-refractivity contribution in [2.75, 3.05) is 0 Å². The number of halogens is 6. The topological polar surface area (TPSA) is 54.0 Å². The van der Waals surface area contributed by atoms with E-state index in [-0.39, 0.29) is 16.7 Å². The molecule has 1 amide bonds. The van der Waals surface area contributed by atoms with Gasteiger partial charge in [0.2, 0.25) is 0 Å². The summed E-state index contributed by atoms with van der Waals surface area (Å²) in [5.41, 5.74) is -4.60. The number of nitrogens with zero attached hydrogens (tertiary/aromatic N) is 1. The van der Waals surface area contributed by atoms with E-state index in [4.69, 9.17) is 0 Å². The fourth-order valence-corrected chi connectivity index (χ4v) is 2.35. The predicted molar refractivity (Wildman–Crippen MR) is 84.6 cm³/mol. The molecule has 1 aromatic heterocycles. The molecule has 0 spiro atoms. The molecule has 0 atom stereocenters. The molecular formula is C17H15F6N3O. The number of aryl methyl sites for hydroxylation is 1. The molecule has 146 valence electrons. The highest BCUT2D eigenvalue weighted by molar-refractivity contribution is 5.96. The summed E-state index contributed by atoms with van der Waals surface area (Å²) in [6, 6.07) is 8.07. The smallest absolute Gasteiger partial charge is 0.319 e. The minimum absolute atomic E-state index is 0.0838. The van der Waals surface area contributed by atoms with Crippen LogP contribution in [-0.4, -0.2) is 28.9 Å². The lowest BCUT2D eigenvalue weighted by atomic mass is 10.0. The molecule has 10 heteroatoms. The molecule has 2 aromatic rings. The first kappa shape index (κ1) is 20.7. The number of hydrogen-bond acceptors (Lipinski definition) is 3. The number of hydrogen-bond donors (Lipinski definition) is 2. The summed E-state index contributed by atoms with van der Waals surface area (Å²) in [7, 11) is 0. The lowest BCUT2D eigenvalue weighted by Crippen LogP contribution is -2.75. The summed E-state index contributed by atoms with van der Waals surface area (Å²) in [6.45, 7) is 0.585. The van der Waals surface area contributed by atoms with Crippen LogP contribution in [0.3, 0.4) is 0 Å². The lowest BCUT2D eigenvalue weighted by Gasteiger charge is -2.38. The Morgan fingerprint density at radius 3 is 2.15 bits per heavy atom. The van der Waals surface area contributed by atoms with E-state index in [1.165, 1.54) is 48.8 Å². The highest BCUT2D eigenvalue weighted by atomic mass is 19.4. The van der Waals surface area contributed by atoms with Gasteiger partial charge in [-0.15, -0.1) is 0 Å². The molecule has 0 saturated carbocycles. The average Bonchev–Trinajstić information content (AvgIpc) is 2.57. The first-order valence-electron chi connectivity index (χ1n) is 7.63. The second kappa shape index (κ2) is 7.55. The van der Waals surface area contributed by atoms with Crippen LogP contribution in [0.4, 0.5) is 26.3 Å². The molecule has 0 saturated heterocycles. The molecule has 0 aliphatic heterocycles.